The smallest absolute Gasteiger partial charge is 0.300 e. The number of hydrogen-bond acceptors (Lipinski definition) is 5. The van der Waals surface area contributed by atoms with E-state index in [1.165, 1.54) is 23.3 Å². The van der Waals surface area contributed by atoms with Crippen LogP contribution in [0.5, 0.6) is 5.75 Å². The van der Waals surface area contributed by atoms with E-state index in [9.17, 15) is 14.7 Å². The van der Waals surface area contributed by atoms with Gasteiger partial charge >= 0.3 is 0 Å². The molecule has 0 aliphatic carbocycles. The maximum atomic E-state index is 13.4. The van der Waals surface area contributed by atoms with Crippen LogP contribution in [0.2, 0.25) is 0 Å². The number of aliphatic hydroxyl groups excluding tert-OH is 1. The summed E-state index contributed by atoms with van der Waals surface area (Å²) >= 11 is 1.44. The van der Waals surface area contributed by atoms with Gasteiger partial charge in [-0.15, -0.1) is 11.3 Å². The molecule has 1 unspecified atom stereocenters. The summed E-state index contributed by atoms with van der Waals surface area (Å²) in [5.74, 6) is -1.15. The zero-order valence-corrected chi connectivity index (χ0v) is 21.1. The molecule has 0 radical (unpaired) electrons. The van der Waals surface area contributed by atoms with Crippen LogP contribution in [0.4, 0.5) is 5.69 Å². The number of nitrogens with zero attached hydrogens (tertiary/aromatic N) is 1. The van der Waals surface area contributed by atoms with Crippen LogP contribution >= 0.6 is 11.3 Å². The summed E-state index contributed by atoms with van der Waals surface area (Å²) in [7, 11) is 1.52. The molecule has 1 fully saturated rings. The van der Waals surface area contributed by atoms with Crippen molar-refractivity contribution in [1.29, 1.82) is 0 Å². The Labute approximate surface area is 204 Å². The molecular formula is C28H29NO4S. The van der Waals surface area contributed by atoms with Crippen molar-refractivity contribution in [3.8, 4) is 5.75 Å². The topological polar surface area (TPSA) is 66.8 Å². The second-order valence-corrected chi connectivity index (χ2v) is 10.6. The van der Waals surface area contributed by atoms with Gasteiger partial charge in [0.15, 0.2) is 0 Å². The van der Waals surface area contributed by atoms with Crippen LogP contribution in [0, 0.1) is 13.8 Å². The lowest BCUT2D eigenvalue weighted by molar-refractivity contribution is -0.132. The van der Waals surface area contributed by atoms with Gasteiger partial charge in [-0.05, 0) is 65.6 Å². The van der Waals surface area contributed by atoms with Crippen molar-refractivity contribution in [3.63, 3.8) is 0 Å². The summed E-state index contributed by atoms with van der Waals surface area (Å²) in [4.78, 5) is 29.2. The summed E-state index contributed by atoms with van der Waals surface area (Å²) in [5.41, 5.74) is 3.78. The Morgan fingerprint density at radius 2 is 1.79 bits per heavy atom. The highest BCUT2D eigenvalue weighted by atomic mass is 32.1. The van der Waals surface area contributed by atoms with Crippen molar-refractivity contribution in [1.82, 2.24) is 0 Å². The Hall–Kier alpha value is -3.38. The third-order valence-corrected chi connectivity index (χ3v) is 7.13. The van der Waals surface area contributed by atoms with Crippen LogP contribution in [-0.4, -0.2) is 23.9 Å². The predicted octanol–water partition coefficient (Wildman–Crippen LogP) is 6.30. The SMILES string of the molecule is COc1ccc(C(C)(C)C)cc1/C(O)=C1\C(=O)C(=O)N(c2cc(C)ccc2C)C1c1cccs1. The van der Waals surface area contributed by atoms with Gasteiger partial charge in [0.1, 0.15) is 17.6 Å². The van der Waals surface area contributed by atoms with Gasteiger partial charge in [0.2, 0.25) is 0 Å². The van der Waals surface area contributed by atoms with E-state index in [4.69, 9.17) is 4.74 Å². The number of thiophene rings is 1. The first kappa shape index (κ1) is 23.8. The first-order valence-electron chi connectivity index (χ1n) is 11.1. The molecule has 6 heteroatoms. The lowest BCUT2D eigenvalue weighted by Crippen LogP contribution is -2.29. The van der Waals surface area contributed by atoms with Gasteiger partial charge in [0.25, 0.3) is 11.7 Å². The third kappa shape index (κ3) is 4.03. The van der Waals surface area contributed by atoms with E-state index in [2.05, 4.69) is 20.8 Å². The average Bonchev–Trinajstić information content (AvgIpc) is 3.41. The highest BCUT2D eigenvalue weighted by Gasteiger charge is 2.48. The zero-order valence-electron chi connectivity index (χ0n) is 20.3. The van der Waals surface area contributed by atoms with E-state index < -0.39 is 17.7 Å². The summed E-state index contributed by atoms with van der Waals surface area (Å²) in [5, 5.41) is 13.5. The molecule has 1 N–H and O–H groups in total. The number of aryl methyl sites for hydroxylation is 2. The number of carbonyl (C=O) groups is 2. The third-order valence-electron chi connectivity index (χ3n) is 6.20. The van der Waals surface area contributed by atoms with Crippen LogP contribution in [0.25, 0.3) is 5.76 Å². The number of ketones is 1. The van der Waals surface area contributed by atoms with E-state index in [1.54, 1.807) is 6.07 Å². The van der Waals surface area contributed by atoms with Crippen LogP contribution in [-0.2, 0) is 15.0 Å². The molecule has 176 valence electrons. The summed E-state index contributed by atoms with van der Waals surface area (Å²) in [6.07, 6.45) is 0. The predicted molar refractivity (Wildman–Crippen MR) is 137 cm³/mol. The van der Waals surface area contributed by atoms with Crippen molar-refractivity contribution in [2.45, 2.75) is 46.1 Å². The lowest BCUT2D eigenvalue weighted by Gasteiger charge is -2.26. The van der Waals surface area contributed by atoms with Crippen molar-refractivity contribution < 1.29 is 19.4 Å². The largest absolute Gasteiger partial charge is 0.507 e. The molecule has 2 heterocycles. The van der Waals surface area contributed by atoms with Crippen LogP contribution < -0.4 is 9.64 Å². The van der Waals surface area contributed by atoms with Crippen LogP contribution in [0.15, 0.2) is 59.5 Å². The molecule has 34 heavy (non-hydrogen) atoms. The number of methoxy groups -OCH3 is 1. The van der Waals surface area contributed by atoms with E-state index in [1.807, 2.05) is 61.7 Å². The number of Topliss-reactive ketones (excluding diaryl/α,β-unsaturated/α-hetero) is 1. The Morgan fingerprint density at radius 3 is 2.41 bits per heavy atom. The number of carbonyl (C=O) groups excluding carboxylic acids is 2. The van der Waals surface area contributed by atoms with Gasteiger partial charge in [-0.1, -0.05) is 45.0 Å². The molecule has 1 amide bonds. The van der Waals surface area contributed by atoms with Gasteiger partial charge in [0.05, 0.1) is 18.2 Å². The molecule has 1 saturated heterocycles. The first-order valence-corrected chi connectivity index (χ1v) is 12.0. The first-order chi connectivity index (χ1) is 16.0. The number of rotatable bonds is 4. The minimum absolute atomic E-state index is 0.0673. The highest BCUT2D eigenvalue weighted by molar-refractivity contribution is 7.10. The fourth-order valence-corrected chi connectivity index (χ4v) is 5.10. The Kier molecular flexibility index (Phi) is 6.13. The molecule has 0 bridgehead atoms. The summed E-state index contributed by atoms with van der Waals surface area (Å²) in [6.45, 7) is 10.1. The minimum atomic E-state index is -0.733. The monoisotopic (exact) mass is 475 g/mol. The van der Waals surface area contributed by atoms with Crippen molar-refractivity contribution in [2.24, 2.45) is 0 Å². The molecule has 1 aliphatic heterocycles. The summed E-state index contributed by atoms with van der Waals surface area (Å²) < 4.78 is 5.53. The minimum Gasteiger partial charge on any atom is -0.507 e. The maximum absolute atomic E-state index is 13.4. The summed E-state index contributed by atoms with van der Waals surface area (Å²) in [6, 6.07) is 14.4. The molecule has 0 saturated carbocycles. The normalized spacial score (nSPS) is 17.9. The van der Waals surface area contributed by atoms with Gasteiger partial charge in [0, 0.05) is 10.6 Å². The van der Waals surface area contributed by atoms with Gasteiger partial charge in [-0.2, -0.15) is 0 Å². The second-order valence-electron chi connectivity index (χ2n) is 9.64. The number of hydrogen-bond donors (Lipinski definition) is 1. The number of benzene rings is 2. The molecule has 1 atom stereocenters. The second kappa shape index (κ2) is 8.76. The molecule has 3 aromatic rings. The number of aliphatic hydroxyl groups is 1. The Balaban J connectivity index is 2.00. The van der Waals surface area contributed by atoms with E-state index in [0.717, 1.165) is 21.6 Å². The number of amides is 1. The van der Waals surface area contributed by atoms with Crippen molar-refractivity contribution in [3.05, 3.63) is 86.6 Å². The number of ether oxygens (including phenoxy) is 1. The lowest BCUT2D eigenvalue weighted by atomic mass is 9.85. The van der Waals surface area contributed by atoms with Crippen molar-refractivity contribution in [2.75, 3.05) is 12.0 Å². The molecular weight excluding hydrogens is 446 g/mol. The van der Waals surface area contributed by atoms with E-state index in [-0.39, 0.29) is 16.7 Å². The number of anilines is 1. The van der Waals surface area contributed by atoms with Gasteiger partial charge in [-0.3, -0.25) is 14.5 Å². The fourth-order valence-electron chi connectivity index (χ4n) is 4.28. The van der Waals surface area contributed by atoms with Crippen LogP contribution in [0.1, 0.15) is 53.9 Å². The highest BCUT2D eigenvalue weighted by Crippen LogP contribution is 2.45. The maximum Gasteiger partial charge on any atom is 0.300 e. The molecule has 1 aliphatic rings. The molecule has 2 aromatic carbocycles. The molecule has 0 spiro atoms. The van der Waals surface area contributed by atoms with Crippen molar-refractivity contribution >= 4 is 34.5 Å². The van der Waals surface area contributed by atoms with E-state index >= 15 is 0 Å². The molecule has 1 aromatic heterocycles. The van der Waals surface area contributed by atoms with Gasteiger partial charge < -0.3 is 9.84 Å². The Bertz CT molecular complexity index is 1300. The Morgan fingerprint density at radius 1 is 1.06 bits per heavy atom. The van der Waals surface area contributed by atoms with Gasteiger partial charge in [-0.25, -0.2) is 0 Å². The quantitative estimate of drug-likeness (QED) is 0.273. The molecule has 5 nitrogen and oxygen atoms in total. The average molecular weight is 476 g/mol. The van der Waals surface area contributed by atoms with E-state index in [0.29, 0.717) is 17.0 Å². The standard InChI is InChI=1S/C28H29NO4S/c1-16-9-10-17(2)20(14-16)29-24(22-8-7-13-34-22)23(26(31)27(29)32)25(30)19-15-18(28(3,4)5)11-12-21(19)33-6/h7-15,24,30H,1-6H3/b25-23+. The molecule has 4 rings (SSSR count). The van der Waals surface area contributed by atoms with Crippen LogP contribution in [0.3, 0.4) is 0 Å². The fraction of sp³-hybridized carbons (Fsp3) is 0.286. The zero-order chi connectivity index (χ0) is 24.8.